The van der Waals surface area contributed by atoms with Gasteiger partial charge in [-0.2, -0.15) is 4.98 Å². The van der Waals surface area contributed by atoms with Gasteiger partial charge in [-0.05, 0) is 22.2 Å². The minimum atomic E-state index is -3.64. The number of nitrogens with zero attached hydrogens (tertiary/aromatic N) is 3. The van der Waals surface area contributed by atoms with E-state index in [9.17, 15) is 13.2 Å². The quantitative estimate of drug-likeness (QED) is 0.284. The number of hydrogen-bond acceptors (Lipinski definition) is 5. The Morgan fingerprint density at radius 3 is 2.03 bits per heavy atom. The summed E-state index contributed by atoms with van der Waals surface area (Å²) in [5.41, 5.74) is 6.76. The van der Waals surface area contributed by atoms with Crippen LogP contribution in [0.2, 0.25) is 16.6 Å². The van der Waals surface area contributed by atoms with Gasteiger partial charge in [0, 0.05) is 25.1 Å². The summed E-state index contributed by atoms with van der Waals surface area (Å²) in [4.78, 5) is 22.0. The molecule has 34 heavy (non-hydrogen) atoms. The summed E-state index contributed by atoms with van der Waals surface area (Å²) < 4.78 is 25.6. The van der Waals surface area contributed by atoms with Crippen LogP contribution in [0.3, 0.4) is 0 Å². The van der Waals surface area contributed by atoms with Crippen molar-refractivity contribution in [3.8, 4) is 22.6 Å². The van der Waals surface area contributed by atoms with Crippen molar-refractivity contribution < 1.29 is 8.42 Å². The molecule has 3 aromatic rings. The zero-order valence-corrected chi connectivity index (χ0v) is 23.0. The first-order valence-corrected chi connectivity index (χ1v) is 15.6. The summed E-state index contributed by atoms with van der Waals surface area (Å²) in [5.74, 6) is 3.43. The first kappa shape index (κ1) is 25.9. The van der Waals surface area contributed by atoms with Crippen molar-refractivity contribution >= 4 is 28.9 Å². The number of sulfone groups is 1. The maximum Gasteiger partial charge on any atom is 0.261 e. The van der Waals surface area contributed by atoms with Crippen molar-refractivity contribution in [2.75, 3.05) is 6.26 Å². The Bertz CT molecular complexity index is 1430. The minimum Gasteiger partial charge on any atom is -0.295 e. The first-order chi connectivity index (χ1) is 15.8. The zero-order valence-electron chi connectivity index (χ0n) is 21.2. The van der Waals surface area contributed by atoms with Crippen molar-refractivity contribution in [3.63, 3.8) is 0 Å². The molecule has 0 amide bonds. The summed E-state index contributed by atoms with van der Waals surface area (Å²) in [5, 5.41) is 0.261. The van der Waals surface area contributed by atoms with Gasteiger partial charge >= 0.3 is 0 Å². The maximum absolute atomic E-state index is 13.6. The van der Waals surface area contributed by atoms with Gasteiger partial charge in [-0.15, -0.1) is 5.54 Å². The highest BCUT2D eigenvalue weighted by atomic mass is 32.2. The highest BCUT2D eigenvalue weighted by molar-refractivity contribution is 7.90. The molecule has 0 aliphatic carbocycles. The van der Waals surface area contributed by atoms with Crippen molar-refractivity contribution in [2.45, 2.75) is 63.3 Å². The SMILES string of the molecule is CC(C)[Si](C#Cc1c(-c2ccccc2)c(=O)n(C)c2nc(S(C)(=O)=O)ncc12)(C(C)C)C(C)C. The van der Waals surface area contributed by atoms with Gasteiger partial charge in [-0.3, -0.25) is 9.36 Å². The Morgan fingerprint density at radius 2 is 1.53 bits per heavy atom. The smallest absolute Gasteiger partial charge is 0.261 e. The molecule has 0 radical (unpaired) electrons. The summed E-state index contributed by atoms with van der Waals surface area (Å²) in [6.07, 6.45) is 2.54. The topological polar surface area (TPSA) is 81.9 Å². The van der Waals surface area contributed by atoms with Gasteiger partial charge in [-0.25, -0.2) is 13.4 Å². The molecule has 0 unspecified atom stereocenters. The molecule has 8 heteroatoms. The van der Waals surface area contributed by atoms with Crippen molar-refractivity contribution in [2.24, 2.45) is 7.05 Å². The van der Waals surface area contributed by atoms with Crippen LogP contribution in [0.1, 0.15) is 47.1 Å². The predicted molar refractivity (Wildman–Crippen MR) is 141 cm³/mol. The fraction of sp³-hybridized carbons (Fsp3) is 0.423. The van der Waals surface area contributed by atoms with Gasteiger partial charge in [-0.1, -0.05) is 77.8 Å². The second-order valence-electron chi connectivity index (χ2n) is 9.79. The lowest BCUT2D eigenvalue weighted by Gasteiger charge is -2.38. The van der Waals surface area contributed by atoms with E-state index in [1.165, 1.54) is 10.8 Å². The average Bonchev–Trinajstić information content (AvgIpc) is 2.76. The van der Waals surface area contributed by atoms with E-state index in [1.54, 1.807) is 7.05 Å². The molecule has 2 aromatic heterocycles. The summed E-state index contributed by atoms with van der Waals surface area (Å²) in [6, 6.07) is 9.44. The molecule has 1 aromatic carbocycles. The normalized spacial score (nSPS) is 12.4. The number of aromatic nitrogens is 3. The largest absolute Gasteiger partial charge is 0.295 e. The molecule has 180 valence electrons. The summed E-state index contributed by atoms with van der Waals surface area (Å²) in [7, 11) is -4.14. The van der Waals surface area contributed by atoms with E-state index in [0.29, 0.717) is 33.1 Å². The highest BCUT2D eigenvalue weighted by Crippen LogP contribution is 2.41. The van der Waals surface area contributed by atoms with Crippen molar-refractivity contribution in [3.05, 3.63) is 52.4 Å². The molecule has 0 bridgehead atoms. The molecule has 0 N–H and O–H groups in total. The Balaban J connectivity index is 2.51. The van der Waals surface area contributed by atoms with Crippen LogP contribution in [0.5, 0.6) is 0 Å². The molecule has 0 aliphatic rings. The van der Waals surface area contributed by atoms with Gasteiger partial charge in [0.15, 0.2) is 0 Å². The number of fused-ring (bicyclic) bond motifs is 1. The first-order valence-electron chi connectivity index (χ1n) is 11.5. The van der Waals surface area contributed by atoms with Crippen LogP contribution >= 0.6 is 0 Å². The lowest BCUT2D eigenvalue weighted by Crippen LogP contribution is -2.43. The van der Waals surface area contributed by atoms with Gasteiger partial charge in [0.2, 0.25) is 15.0 Å². The molecule has 0 saturated carbocycles. The Morgan fingerprint density at radius 1 is 0.971 bits per heavy atom. The molecule has 2 heterocycles. The van der Waals surface area contributed by atoms with Crippen molar-refractivity contribution in [1.82, 2.24) is 14.5 Å². The zero-order chi connectivity index (χ0) is 25.4. The van der Waals surface area contributed by atoms with Crippen LogP contribution in [0.4, 0.5) is 0 Å². The van der Waals surface area contributed by atoms with E-state index in [0.717, 1.165) is 11.8 Å². The number of hydrogen-bond donors (Lipinski definition) is 0. The average molecular weight is 496 g/mol. The predicted octanol–water partition coefficient (Wildman–Crippen LogP) is 4.97. The molecule has 6 nitrogen and oxygen atoms in total. The van der Waals surface area contributed by atoms with Gasteiger partial charge in [0.25, 0.3) is 5.56 Å². The fourth-order valence-corrected chi connectivity index (χ4v) is 10.8. The van der Waals surface area contributed by atoms with Crippen LogP contribution in [-0.4, -0.2) is 37.3 Å². The standard InChI is InChI=1S/C26H33N3O3SSi/c1-17(2)34(18(3)4,19(5)6)15-14-21-22-16-27-26(33(8,31)32)28-24(22)29(7)25(30)23(21)20-12-10-9-11-13-20/h9-13,16-19H,1-8H3. The molecule has 0 fully saturated rings. The number of benzene rings is 1. The van der Waals surface area contributed by atoms with Gasteiger partial charge in [0.05, 0.1) is 10.9 Å². The van der Waals surface area contributed by atoms with Crippen LogP contribution in [-0.2, 0) is 16.9 Å². The lowest BCUT2D eigenvalue weighted by atomic mass is 9.99. The fourth-order valence-electron chi connectivity index (χ4n) is 5.08. The number of aryl methyl sites for hydroxylation is 1. The summed E-state index contributed by atoms with van der Waals surface area (Å²) >= 11 is 0. The minimum absolute atomic E-state index is 0.260. The van der Waals surface area contributed by atoms with Crippen molar-refractivity contribution in [1.29, 1.82) is 0 Å². The molecule has 0 spiro atoms. The Labute approximate surface area is 203 Å². The van der Waals surface area contributed by atoms with E-state index in [-0.39, 0.29) is 16.4 Å². The van der Waals surface area contributed by atoms with Crippen LogP contribution in [0.25, 0.3) is 22.2 Å². The molecule has 0 saturated heterocycles. The van der Waals surface area contributed by atoms with E-state index < -0.39 is 17.9 Å². The number of rotatable bonds is 5. The summed E-state index contributed by atoms with van der Waals surface area (Å²) in [6.45, 7) is 13.4. The van der Waals surface area contributed by atoms with Crippen LogP contribution < -0.4 is 5.56 Å². The van der Waals surface area contributed by atoms with E-state index in [1.807, 2.05) is 30.3 Å². The number of pyridine rings is 1. The molecule has 3 rings (SSSR count). The highest BCUT2D eigenvalue weighted by Gasteiger charge is 2.41. The monoisotopic (exact) mass is 495 g/mol. The van der Waals surface area contributed by atoms with Gasteiger partial charge < -0.3 is 0 Å². The van der Waals surface area contributed by atoms with Crippen LogP contribution in [0.15, 0.2) is 46.5 Å². The maximum atomic E-state index is 13.6. The third kappa shape index (κ3) is 4.47. The van der Waals surface area contributed by atoms with E-state index in [2.05, 4.69) is 63.0 Å². The third-order valence-corrected chi connectivity index (χ3v) is 13.9. The molecular weight excluding hydrogens is 462 g/mol. The second-order valence-corrected chi connectivity index (χ2v) is 17.3. The van der Waals surface area contributed by atoms with E-state index in [4.69, 9.17) is 0 Å². The lowest BCUT2D eigenvalue weighted by molar-refractivity contribution is 0.593. The molecule has 0 aliphatic heterocycles. The third-order valence-electron chi connectivity index (χ3n) is 6.77. The Kier molecular flexibility index (Phi) is 7.20. The van der Waals surface area contributed by atoms with Crippen LogP contribution in [0, 0.1) is 11.5 Å². The van der Waals surface area contributed by atoms with E-state index >= 15 is 0 Å². The molecular formula is C26H33N3O3SSi. The Hall–Kier alpha value is -2.76. The second kappa shape index (κ2) is 9.47. The molecule has 0 atom stereocenters. The van der Waals surface area contributed by atoms with Gasteiger partial charge in [0.1, 0.15) is 13.7 Å².